The van der Waals surface area contributed by atoms with Gasteiger partial charge in [-0.25, -0.2) is 15.0 Å². The average molecular weight is 985 g/mol. The van der Waals surface area contributed by atoms with Crippen molar-refractivity contribution in [3.8, 4) is 0 Å². The second-order valence-electron chi connectivity index (χ2n) is 16.9. The Balaban J connectivity index is 0.993. The van der Waals surface area contributed by atoms with Gasteiger partial charge in [0.05, 0.1) is 11.4 Å². The molecule has 5 heterocycles. The normalized spacial score (nSPS) is 11.0. The SMILES string of the molecule is CNCCCN(C)CCCN(C)C(=O)CCNC(=O)c1nc(NC(=O)CCNC(=O)c2cc(NC(=O)c3nc(NC(=O)CCC(=O)Nc4cc(NC(=O)c5nccn5C)cn4C)cn3C)cn2C)cn1C. The molecule has 71 heavy (non-hydrogen) atoms. The van der Waals surface area contributed by atoms with Gasteiger partial charge in [-0.3, -0.25) is 38.4 Å². The molecule has 0 aliphatic carbocycles. The van der Waals surface area contributed by atoms with E-state index < -0.39 is 41.4 Å². The molecule has 5 aromatic rings. The van der Waals surface area contributed by atoms with Crippen LogP contribution in [0.25, 0.3) is 0 Å². The number of carbonyl (C=O) groups is 8. The Labute approximate surface area is 410 Å². The van der Waals surface area contributed by atoms with Crippen LogP contribution in [-0.4, -0.2) is 155 Å². The van der Waals surface area contributed by atoms with Gasteiger partial charge in [0.1, 0.15) is 11.5 Å². The van der Waals surface area contributed by atoms with Crippen molar-refractivity contribution in [1.29, 1.82) is 0 Å². The van der Waals surface area contributed by atoms with E-state index in [-0.39, 0.29) is 85.2 Å². The smallest absolute Gasteiger partial charge is 0.291 e. The summed E-state index contributed by atoms with van der Waals surface area (Å²) in [6.07, 6.45) is 10.7. The van der Waals surface area contributed by atoms with Crippen LogP contribution in [0.1, 0.15) is 80.9 Å². The number of carbonyl (C=O) groups excluding carboxylic acids is 8. The molecule has 0 fully saturated rings. The lowest BCUT2D eigenvalue weighted by atomic mass is 10.3. The molecule has 0 saturated heterocycles. The number of nitrogens with one attached hydrogen (secondary N) is 8. The first-order chi connectivity index (χ1) is 33.8. The van der Waals surface area contributed by atoms with Crippen LogP contribution < -0.4 is 42.5 Å². The maximum atomic E-state index is 13.2. The van der Waals surface area contributed by atoms with E-state index in [9.17, 15) is 38.4 Å². The van der Waals surface area contributed by atoms with E-state index in [2.05, 4.69) is 69.4 Å². The topological polar surface area (TPSA) is 303 Å². The van der Waals surface area contributed by atoms with Crippen LogP contribution in [0.3, 0.4) is 0 Å². The molecule has 8 N–H and O–H groups in total. The van der Waals surface area contributed by atoms with Crippen LogP contribution in [0.2, 0.25) is 0 Å². The van der Waals surface area contributed by atoms with Crippen LogP contribution in [0.5, 0.6) is 0 Å². The highest BCUT2D eigenvalue weighted by atomic mass is 16.2. The Morgan fingerprint density at radius 3 is 1.72 bits per heavy atom. The van der Waals surface area contributed by atoms with E-state index in [1.165, 1.54) is 44.6 Å². The molecule has 5 aromatic heterocycles. The van der Waals surface area contributed by atoms with E-state index in [4.69, 9.17) is 0 Å². The molecule has 8 amide bonds. The summed E-state index contributed by atoms with van der Waals surface area (Å²) >= 11 is 0. The minimum Gasteiger partial charge on any atom is -0.350 e. The van der Waals surface area contributed by atoms with Crippen LogP contribution in [0.4, 0.5) is 28.8 Å². The Hall–Kier alpha value is -8.13. The molecule has 26 nitrogen and oxygen atoms in total. The Morgan fingerprint density at radius 2 is 1.08 bits per heavy atom. The third kappa shape index (κ3) is 16.0. The predicted molar refractivity (Wildman–Crippen MR) is 264 cm³/mol. The molecule has 0 aliphatic rings. The highest BCUT2D eigenvalue weighted by Gasteiger charge is 2.21. The maximum absolute atomic E-state index is 13.2. The third-order valence-corrected chi connectivity index (χ3v) is 11.0. The Bertz CT molecular complexity index is 2710. The number of hydrogen-bond donors (Lipinski definition) is 8. The first-order valence-electron chi connectivity index (χ1n) is 22.8. The zero-order valence-electron chi connectivity index (χ0n) is 41.3. The average Bonchev–Trinajstić information content (AvgIpc) is 4.15. The standard InChI is InChI=1S/C45H64N18O8/c1-46-15-9-19-57(2)20-10-21-58(3)38(67)14-17-49-43(69)40-54-33(27-62(40)7)53-37(66)13-16-48-42(68)31-23-29(25-60(31)5)50-45(71)41-55-32(28-63(41)8)52-35(64)11-12-36(65)56-34-24-30(26-61(34)6)51-44(70)39-47-18-22-59(39)4/h18,22-28,46H,9-17,19-21H2,1-8H3,(H,48,68)(H,49,69)(H,50,71)(H,51,70)(H,52,64)(H,53,66)(H,56,65). The number of nitrogens with zero attached hydrogens (tertiary/aromatic N) is 10. The van der Waals surface area contributed by atoms with Gasteiger partial charge in [-0.05, 0) is 52.6 Å². The Morgan fingerprint density at radius 1 is 0.535 bits per heavy atom. The summed E-state index contributed by atoms with van der Waals surface area (Å²) in [5, 5.41) is 21.8. The van der Waals surface area contributed by atoms with Gasteiger partial charge in [0, 0.05) is 131 Å². The lowest BCUT2D eigenvalue weighted by molar-refractivity contribution is -0.129. The van der Waals surface area contributed by atoms with Crippen molar-refractivity contribution < 1.29 is 38.4 Å². The molecule has 0 aromatic carbocycles. The van der Waals surface area contributed by atoms with E-state index in [1.807, 2.05) is 7.05 Å². The summed E-state index contributed by atoms with van der Waals surface area (Å²) in [4.78, 5) is 119. The first kappa shape index (κ1) is 53.8. The molecule has 0 aliphatic heterocycles. The summed E-state index contributed by atoms with van der Waals surface area (Å²) in [6.45, 7) is 3.49. The van der Waals surface area contributed by atoms with Crippen LogP contribution in [-0.2, 0) is 54.4 Å². The molecule has 0 spiro atoms. The van der Waals surface area contributed by atoms with Crippen LogP contribution in [0, 0.1) is 0 Å². The third-order valence-electron chi connectivity index (χ3n) is 11.0. The van der Waals surface area contributed by atoms with Crippen molar-refractivity contribution >= 4 is 76.1 Å². The van der Waals surface area contributed by atoms with Gasteiger partial charge in [-0.1, -0.05) is 0 Å². The lowest BCUT2D eigenvalue weighted by Crippen LogP contribution is -2.34. The predicted octanol–water partition coefficient (Wildman–Crippen LogP) is 0.694. The van der Waals surface area contributed by atoms with Crippen molar-refractivity contribution in [3.05, 3.63) is 72.5 Å². The molecule has 0 bridgehead atoms. The largest absolute Gasteiger partial charge is 0.350 e. The van der Waals surface area contributed by atoms with E-state index in [1.54, 1.807) is 74.8 Å². The van der Waals surface area contributed by atoms with Gasteiger partial charge in [0.2, 0.25) is 35.3 Å². The van der Waals surface area contributed by atoms with E-state index in [0.717, 1.165) is 32.5 Å². The molecular formula is C45H64N18O8. The number of rotatable bonds is 26. The number of hydrogen-bond acceptors (Lipinski definition) is 13. The van der Waals surface area contributed by atoms with Crippen molar-refractivity contribution in [2.75, 3.05) is 87.0 Å². The fourth-order valence-corrected chi connectivity index (χ4v) is 7.17. The Kier molecular flexibility index (Phi) is 19.3. The van der Waals surface area contributed by atoms with Gasteiger partial charge >= 0.3 is 0 Å². The van der Waals surface area contributed by atoms with Crippen molar-refractivity contribution in [3.63, 3.8) is 0 Å². The highest BCUT2D eigenvalue weighted by Crippen LogP contribution is 2.20. The fraction of sp³-hybridized carbons (Fsp3) is 0.444. The second-order valence-corrected chi connectivity index (χ2v) is 16.9. The van der Waals surface area contributed by atoms with Gasteiger partial charge in [-0.2, -0.15) is 0 Å². The molecule has 382 valence electrons. The summed E-state index contributed by atoms with van der Waals surface area (Å²) in [7, 11) is 13.9. The number of imidazole rings is 3. The summed E-state index contributed by atoms with van der Waals surface area (Å²) in [5.41, 5.74) is 0.901. The van der Waals surface area contributed by atoms with Gasteiger partial charge < -0.3 is 75.2 Å². The summed E-state index contributed by atoms with van der Waals surface area (Å²) < 4.78 is 7.53. The zero-order valence-corrected chi connectivity index (χ0v) is 41.3. The molecular weight excluding hydrogens is 921 g/mol. The molecule has 5 rings (SSSR count). The molecule has 0 atom stereocenters. The quantitative estimate of drug-likeness (QED) is 0.0355. The number of amides is 8. The van der Waals surface area contributed by atoms with Gasteiger partial charge in [-0.15, -0.1) is 0 Å². The molecule has 26 heteroatoms. The number of aromatic nitrogens is 8. The fourth-order valence-electron chi connectivity index (χ4n) is 7.17. The molecule has 0 radical (unpaired) electrons. The lowest BCUT2D eigenvalue weighted by Gasteiger charge is -2.20. The molecule has 0 saturated carbocycles. The highest BCUT2D eigenvalue weighted by molar-refractivity contribution is 6.04. The monoisotopic (exact) mass is 985 g/mol. The van der Waals surface area contributed by atoms with Crippen LogP contribution in [0.15, 0.2) is 49.3 Å². The van der Waals surface area contributed by atoms with E-state index in [0.29, 0.717) is 18.1 Å². The van der Waals surface area contributed by atoms with Gasteiger partial charge in [0.25, 0.3) is 23.6 Å². The summed E-state index contributed by atoms with van der Waals surface area (Å²) in [5.74, 6) is -2.77. The second kappa shape index (κ2) is 25.5. The minimum absolute atomic E-state index is 0.0393. The van der Waals surface area contributed by atoms with Crippen molar-refractivity contribution in [1.82, 2.24) is 63.5 Å². The van der Waals surface area contributed by atoms with Crippen molar-refractivity contribution in [2.45, 2.75) is 38.5 Å². The van der Waals surface area contributed by atoms with E-state index >= 15 is 0 Å². The number of anilines is 5. The van der Waals surface area contributed by atoms with Crippen LogP contribution >= 0.6 is 0 Å². The van der Waals surface area contributed by atoms with Crippen molar-refractivity contribution in [2.24, 2.45) is 35.2 Å². The van der Waals surface area contributed by atoms with Gasteiger partial charge in [0.15, 0.2) is 17.5 Å². The first-order valence-corrected chi connectivity index (χ1v) is 22.8. The molecule has 0 unspecified atom stereocenters. The zero-order chi connectivity index (χ0) is 51.8. The maximum Gasteiger partial charge on any atom is 0.291 e. The number of aryl methyl sites for hydroxylation is 5. The minimum atomic E-state index is -0.630. The summed E-state index contributed by atoms with van der Waals surface area (Å²) in [6, 6.07) is 3.02.